The Hall–Kier alpha value is -1.20. The zero-order valence-corrected chi connectivity index (χ0v) is 12.5. The highest BCUT2D eigenvalue weighted by Gasteiger charge is 2.31. The van der Waals surface area contributed by atoms with Gasteiger partial charge in [0.05, 0.1) is 0 Å². The number of amides is 1. The Morgan fingerprint density at radius 3 is 2.10 bits per heavy atom. The van der Waals surface area contributed by atoms with Gasteiger partial charge in [-0.25, -0.2) is 8.78 Å². The number of nitrogens with one attached hydrogen (secondary N) is 1. The van der Waals surface area contributed by atoms with Crippen LogP contribution >= 0.6 is 12.4 Å². The maximum Gasteiger partial charge on any atom is 0.254 e. The molecule has 6 heteroatoms. The van der Waals surface area contributed by atoms with Crippen LogP contribution in [-0.2, 0) is 0 Å². The molecule has 116 valence electrons. The maximum atomic E-state index is 13.2. The predicted octanol–water partition coefficient (Wildman–Crippen LogP) is 2.46. The van der Waals surface area contributed by atoms with Gasteiger partial charge in [0.2, 0.25) is 0 Å². The molecule has 3 rings (SSSR count). The van der Waals surface area contributed by atoms with Crippen molar-refractivity contribution >= 4 is 18.3 Å². The van der Waals surface area contributed by atoms with Gasteiger partial charge in [-0.3, -0.25) is 4.79 Å². The van der Waals surface area contributed by atoms with Crippen LogP contribution in [0.3, 0.4) is 0 Å². The Bertz CT molecular complexity index is 492. The van der Waals surface area contributed by atoms with Gasteiger partial charge in [-0.05, 0) is 49.9 Å². The summed E-state index contributed by atoms with van der Waals surface area (Å²) in [5.74, 6) is -0.432. The lowest BCUT2D eigenvalue weighted by Gasteiger charge is -2.21. The highest BCUT2D eigenvalue weighted by Crippen LogP contribution is 2.27. The van der Waals surface area contributed by atoms with Gasteiger partial charge in [0, 0.05) is 24.7 Å². The summed E-state index contributed by atoms with van der Waals surface area (Å²) in [6, 6.07) is 3.01. The molecule has 0 spiro atoms. The summed E-state index contributed by atoms with van der Waals surface area (Å²) in [6.45, 7) is 3.36. The molecule has 2 saturated heterocycles. The van der Waals surface area contributed by atoms with Crippen molar-refractivity contribution in [1.82, 2.24) is 10.2 Å². The Morgan fingerprint density at radius 2 is 1.57 bits per heavy atom. The summed E-state index contributed by atoms with van der Waals surface area (Å²) in [5, 5.41) is 3.38. The molecule has 1 N–H and O–H groups in total. The monoisotopic (exact) mass is 316 g/mol. The van der Waals surface area contributed by atoms with E-state index in [1.807, 2.05) is 0 Å². The number of carbonyl (C=O) groups is 1. The number of benzene rings is 1. The van der Waals surface area contributed by atoms with Crippen molar-refractivity contribution in [2.45, 2.75) is 12.8 Å². The highest BCUT2D eigenvalue weighted by molar-refractivity contribution is 5.94. The number of hydrogen-bond acceptors (Lipinski definition) is 2. The molecule has 2 aliphatic rings. The van der Waals surface area contributed by atoms with Crippen molar-refractivity contribution in [2.24, 2.45) is 11.8 Å². The summed E-state index contributed by atoms with van der Waals surface area (Å²) in [5.41, 5.74) is 0.104. The minimum Gasteiger partial charge on any atom is -0.339 e. The first-order valence-electron chi connectivity index (χ1n) is 7.09. The quantitative estimate of drug-likeness (QED) is 0.863. The van der Waals surface area contributed by atoms with E-state index in [-0.39, 0.29) is 23.9 Å². The molecule has 1 amide bonds. The van der Waals surface area contributed by atoms with Gasteiger partial charge in [-0.15, -0.1) is 12.4 Å². The highest BCUT2D eigenvalue weighted by atomic mass is 35.5. The number of rotatable bonds is 1. The van der Waals surface area contributed by atoms with Gasteiger partial charge in [0.25, 0.3) is 5.91 Å². The molecule has 1 aromatic rings. The van der Waals surface area contributed by atoms with Crippen LogP contribution in [0.4, 0.5) is 8.78 Å². The molecular formula is C15H19ClF2N2O. The van der Waals surface area contributed by atoms with E-state index < -0.39 is 11.6 Å². The fourth-order valence-corrected chi connectivity index (χ4v) is 3.28. The van der Waals surface area contributed by atoms with Crippen LogP contribution in [0.5, 0.6) is 0 Å². The molecule has 0 radical (unpaired) electrons. The van der Waals surface area contributed by atoms with E-state index in [9.17, 15) is 13.6 Å². The molecule has 0 saturated carbocycles. The van der Waals surface area contributed by atoms with Gasteiger partial charge < -0.3 is 10.2 Å². The van der Waals surface area contributed by atoms with Crippen LogP contribution in [0.2, 0.25) is 0 Å². The fourth-order valence-electron chi connectivity index (χ4n) is 3.28. The first-order valence-corrected chi connectivity index (χ1v) is 7.09. The molecule has 0 aliphatic carbocycles. The summed E-state index contributed by atoms with van der Waals surface area (Å²) < 4.78 is 26.4. The average Bonchev–Trinajstić information content (AvgIpc) is 2.76. The molecular weight excluding hydrogens is 298 g/mol. The summed E-state index contributed by atoms with van der Waals surface area (Å²) in [4.78, 5) is 14.1. The second kappa shape index (κ2) is 6.71. The third-order valence-corrected chi connectivity index (χ3v) is 4.42. The lowest BCUT2D eigenvalue weighted by atomic mass is 9.92. The Labute approximate surface area is 129 Å². The second-order valence-corrected chi connectivity index (χ2v) is 5.71. The summed E-state index contributed by atoms with van der Waals surface area (Å²) in [6.07, 6.45) is 1.92. The van der Waals surface area contributed by atoms with E-state index in [4.69, 9.17) is 0 Å². The molecule has 1 aromatic carbocycles. The number of fused-ring (bicyclic) bond motifs is 1. The normalized spacial score (nSPS) is 25.0. The summed E-state index contributed by atoms with van der Waals surface area (Å²) in [7, 11) is 0. The van der Waals surface area contributed by atoms with Gasteiger partial charge in [0.15, 0.2) is 0 Å². The van der Waals surface area contributed by atoms with Gasteiger partial charge in [-0.1, -0.05) is 0 Å². The van der Waals surface area contributed by atoms with Gasteiger partial charge in [0.1, 0.15) is 11.6 Å². The van der Waals surface area contributed by atoms with Crippen molar-refractivity contribution in [2.75, 3.05) is 26.2 Å². The average molecular weight is 317 g/mol. The zero-order valence-electron chi connectivity index (χ0n) is 11.6. The largest absolute Gasteiger partial charge is 0.339 e. The number of likely N-dealkylation sites (tertiary alicyclic amines) is 1. The van der Waals surface area contributed by atoms with Gasteiger partial charge >= 0.3 is 0 Å². The Balaban J connectivity index is 0.00000161. The fraction of sp³-hybridized carbons (Fsp3) is 0.533. The van der Waals surface area contributed by atoms with Crippen molar-refractivity contribution in [3.8, 4) is 0 Å². The molecule has 2 heterocycles. The lowest BCUT2D eigenvalue weighted by Crippen LogP contribution is -2.32. The van der Waals surface area contributed by atoms with Crippen LogP contribution in [0.25, 0.3) is 0 Å². The van der Waals surface area contributed by atoms with Crippen molar-refractivity contribution in [1.29, 1.82) is 0 Å². The minimum atomic E-state index is -0.704. The molecule has 0 aromatic heterocycles. The van der Waals surface area contributed by atoms with Crippen LogP contribution in [0.15, 0.2) is 18.2 Å². The van der Waals surface area contributed by atoms with E-state index in [1.54, 1.807) is 4.90 Å². The van der Waals surface area contributed by atoms with Crippen LogP contribution in [-0.4, -0.2) is 37.0 Å². The smallest absolute Gasteiger partial charge is 0.254 e. The van der Waals surface area contributed by atoms with Crippen molar-refractivity contribution in [3.63, 3.8) is 0 Å². The molecule has 2 atom stereocenters. The topological polar surface area (TPSA) is 32.3 Å². The maximum absolute atomic E-state index is 13.2. The molecule has 3 nitrogen and oxygen atoms in total. The minimum absolute atomic E-state index is 0. The molecule has 21 heavy (non-hydrogen) atoms. The first kappa shape index (κ1) is 16.2. The summed E-state index contributed by atoms with van der Waals surface area (Å²) >= 11 is 0. The van der Waals surface area contributed by atoms with E-state index in [1.165, 1.54) is 0 Å². The van der Waals surface area contributed by atoms with Crippen LogP contribution in [0, 0.1) is 23.5 Å². The second-order valence-electron chi connectivity index (χ2n) is 5.71. The first-order chi connectivity index (χ1) is 9.63. The molecule has 0 bridgehead atoms. The number of halogens is 3. The number of carbonyl (C=O) groups excluding carboxylic acids is 1. The molecule has 0 unspecified atom stereocenters. The molecule has 2 fully saturated rings. The van der Waals surface area contributed by atoms with Crippen molar-refractivity contribution < 1.29 is 13.6 Å². The predicted molar refractivity (Wildman–Crippen MR) is 78.6 cm³/mol. The van der Waals surface area contributed by atoms with E-state index >= 15 is 0 Å². The standard InChI is InChI=1S/C15H18F2N2O.ClH/c16-13-5-12(6-14(17)7-13)15(20)19-3-1-10-8-18-9-11(10)2-4-19;/h5-7,10-11,18H,1-4,8-9H2;1H/t10-,11+;. The third kappa shape index (κ3) is 3.52. The van der Waals surface area contributed by atoms with Crippen LogP contribution in [0.1, 0.15) is 23.2 Å². The third-order valence-electron chi connectivity index (χ3n) is 4.42. The number of nitrogens with zero attached hydrogens (tertiary/aromatic N) is 1. The SMILES string of the molecule is Cl.O=C(c1cc(F)cc(F)c1)N1CC[C@@H]2CNC[C@@H]2CC1. The Kier molecular flexibility index (Phi) is 5.17. The van der Waals surface area contributed by atoms with Gasteiger partial charge in [-0.2, -0.15) is 0 Å². The molecule has 2 aliphatic heterocycles. The van der Waals surface area contributed by atoms with E-state index in [0.717, 1.165) is 44.1 Å². The van der Waals surface area contributed by atoms with Crippen molar-refractivity contribution in [3.05, 3.63) is 35.4 Å². The van der Waals surface area contributed by atoms with Crippen LogP contribution < -0.4 is 5.32 Å². The number of hydrogen-bond donors (Lipinski definition) is 1. The zero-order chi connectivity index (χ0) is 14.1. The Morgan fingerprint density at radius 1 is 1.05 bits per heavy atom. The van der Waals surface area contributed by atoms with E-state index in [0.29, 0.717) is 24.9 Å². The lowest BCUT2D eigenvalue weighted by molar-refractivity contribution is 0.0757. The van der Waals surface area contributed by atoms with E-state index in [2.05, 4.69) is 5.32 Å².